The van der Waals surface area contributed by atoms with Crippen LogP contribution in [0.1, 0.15) is 36.0 Å². The van der Waals surface area contributed by atoms with E-state index in [4.69, 9.17) is 5.11 Å². The summed E-state index contributed by atoms with van der Waals surface area (Å²) in [6.45, 7) is 0. The molecule has 1 aliphatic carbocycles. The van der Waals surface area contributed by atoms with E-state index >= 15 is 0 Å². The first-order valence-electron chi connectivity index (χ1n) is 6.56. The van der Waals surface area contributed by atoms with E-state index in [0.717, 1.165) is 23.6 Å². The predicted octanol–water partition coefficient (Wildman–Crippen LogP) is 3.87. The van der Waals surface area contributed by atoms with Crippen molar-refractivity contribution in [3.8, 4) is 0 Å². The van der Waals surface area contributed by atoms with E-state index in [1.807, 2.05) is 12.1 Å². The molecule has 0 aromatic heterocycles. The summed E-state index contributed by atoms with van der Waals surface area (Å²) in [4.78, 5) is 23.3. The first-order valence-corrected chi connectivity index (χ1v) is 9.80. The molecule has 0 atom stereocenters. The van der Waals surface area contributed by atoms with Crippen LogP contribution in [0.15, 0.2) is 12.1 Å². The highest BCUT2D eigenvalue weighted by molar-refractivity contribution is 14.1. The monoisotopic (exact) mass is 625 g/mol. The van der Waals surface area contributed by atoms with Gasteiger partial charge in [0.05, 0.1) is 11.5 Å². The van der Waals surface area contributed by atoms with E-state index in [1.54, 1.807) is 0 Å². The number of nitrogens with one attached hydrogen (secondary N) is 1. The van der Waals surface area contributed by atoms with Crippen LogP contribution in [0.3, 0.4) is 0 Å². The number of hydrogen-bond acceptors (Lipinski definition) is 2. The molecule has 7 heteroatoms. The van der Waals surface area contributed by atoms with Crippen molar-refractivity contribution in [1.82, 2.24) is 5.32 Å². The largest absolute Gasteiger partial charge is 0.481 e. The van der Waals surface area contributed by atoms with Crippen molar-refractivity contribution < 1.29 is 14.7 Å². The first-order chi connectivity index (χ1) is 9.88. The van der Waals surface area contributed by atoms with Gasteiger partial charge in [0.2, 0.25) is 0 Å². The number of hydrogen-bond donors (Lipinski definition) is 2. The normalized spacial score (nSPS) is 21.9. The third-order valence-electron chi connectivity index (χ3n) is 3.65. The molecule has 21 heavy (non-hydrogen) atoms. The highest BCUT2D eigenvalue weighted by atomic mass is 127. The highest BCUT2D eigenvalue weighted by Gasteiger charge is 2.27. The lowest BCUT2D eigenvalue weighted by molar-refractivity contribution is -0.142. The Morgan fingerprint density at radius 1 is 1.10 bits per heavy atom. The molecule has 0 spiro atoms. The van der Waals surface area contributed by atoms with Crippen molar-refractivity contribution in [2.24, 2.45) is 5.92 Å². The Labute approximate surface area is 164 Å². The van der Waals surface area contributed by atoms with Crippen LogP contribution in [0.25, 0.3) is 0 Å². The second-order valence-corrected chi connectivity index (χ2v) is 8.60. The number of carboxylic acids is 1. The van der Waals surface area contributed by atoms with Gasteiger partial charge in [0.1, 0.15) is 0 Å². The molecule has 0 aliphatic heterocycles. The summed E-state index contributed by atoms with van der Waals surface area (Å²) < 4.78 is 3.07. The predicted molar refractivity (Wildman–Crippen MR) is 105 cm³/mol. The fraction of sp³-hybridized carbons (Fsp3) is 0.429. The van der Waals surface area contributed by atoms with Crippen molar-refractivity contribution in [3.63, 3.8) is 0 Å². The average molecular weight is 625 g/mol. The van der Waals surface area contributed by atoms with Crippen molar-refractivity contribution in [1.29, 1.82) is 0 Å². The molecule has 0 heterocycles. The fourth-order valence-electron chi connectivity index (χ4n) is 2.47. The molecule has 1 saturated carbocycles. The molecule has 2 N–H and O–H groups in total. The summed E-state index contributed by atoms with van der Waals surface area (Å²) in [5.41, 5.74) is 0.701. The molecule has 114 valence electrons. The lowest BCUT2D eigenvalue weighted by atomic mass is 9.86. The molecule has 1 fully saturated rings. The fourth-order valence-corrected chi connectivity index (χ4v) is 4.87. The van der Waals surface area contributed by atoms with Gasteiger partial charge in [0.15, 0.2) is 0 Å². The van der Waals surface area contributed by atoms with Gasteiger partial charge in [0, 0.05) is 16.8 Å². The summed E-state index contributed by atoms with van der Waals surface area (Å²) in [5, 5.41) is 12.0. The number of carbonyl (C=O) groups excluding carboxylic acids is 1. The Kier molecular flexibility index (Phi) is 6.53. The molecular formula is C14H14I3NO3. The molecule has 1 aliphatic rings. The molecule has 2 rings (SSSR count). The molecule has 1 amide bonds. The molecule has 0 bridgehead atoms. The van der Waals surface area contributed by atoms with Gasteiger partial charge in [-0.1, -0.05) is 0 Å². The van der Waals surface area contributed by atoms with Crippen LogP contribution in [0, 0.1) is 16.6 Å². The third kappa shape index (κ3) is 4.66. The number of carbonyl (C=O) groups is 2. The smallest absolute Gasteiger partial charge is 0.306 e. The van der Waals surface area contributed by atoms with Crippen LogP contribution in [0.5, 0.6) is 0 Å². The van der Waals surface area contributed by atoms with Crippen molar-refractivity contribution >= 4 is 79.6 Å². The summed E-state index contributed by atoms with van der Waals surface area (Å²) in [6, 6.07) is 4.01. The lowest BCUT2D eigenvalue weighted by Gasteiger charge is -2.27. The Balaban J connectivity index is 2.01. The molecule has 0 unspecified atom stereocenters. The van der Waals surface area contributed by atoms with Crippen LogP contribution in [0.4, 0.5) is 0 Å². The number of amides is 1. The minimum absolute atomic E-state index is 0.0605. The van der Waals surface area contributed by atoms with E-state index in [-0.39, 0.29) is 17.9 Å². The van der Waals surface area contributed by atoms with Crippen LogP contribution in [-0.2, 0) is 4.79 Å². The van der Waals surface area contributed by atoms with Gasteiger partial charge < -0.3 is 10.4 Å². The molecule has 1 aromatic rings. The third-order valence-corrected chi connectivity index (χ3v) is 7.32. The second kappa shape index (κ2) is 7.75. The van der Waals surface area contributed by atoms with Crippen molar-refractivity contribution in [2.75, 3.05) is 0 Å². The number of aliphatic carboxylic acids is 1. The maximum atomic E-state index is 12.4. The van der Waals surface area contributed by atoms with Crippen LogP contribution < -0.4 is 5.32 Å². The van der Waals surface area contributed by atoms with E-state index in [0.29, 0.717) is 18.4 Å². The maximum Gasteiger partial charge on any atom is 0.306 e. The van der Waals surface area contributed by atoms with Gasteiger partial charge in [-0.15, -0.1) is 0 Å². The van der Waals surface area contributed by atoms with Gasteiger partial charge in [0.25, 0.3) is 5.91 Å². The quantitative estimate of drug-likeness (QED) is 0.397. The first kappa shape index (κ1) is 17.7. The van der Waals surface area contributed by atoms with Gasteiger partial charge in [-0.2, -0.15) is 0 Å². The minimum Gasteiger partial charge on any atom is -0.481 e. The molecule has 0 radical (unpaired) electrons. The number of carboxylic acid groups (broad SMARTS) is 1. The Hall–Kier alpha value is 0.350. The van der Waals surface area contributed by atoms with Gasteiger partial charge in [-0.3, -0.25) is 9.59 Å². The van der Waals surface area contributed by atoms with Gasteiger partial charge >= 0.3 is 5.97 Å². The number of halogens is 3. The zero-order chi connectivity index (χ0) is 15.6. The van der Waals surface area contributed by atoms with E-state index in [1.165, 1.54) is 0 Å². The van der Waals surface area contributed by atoms with E-state index in [2.05, 4.69) is 73.1 Å². The summed E-state index contributed by atoms with van der Waals surface area (Å²) in [5.74, 6) is -1.03. The van der Waals surface area contributed by atoms with Crippen molar-refractivity contribution in [3.05, 3.63) is 28.4 Å². The van der Waals surface area contributed by atoms with E-state index < -0.39 is 5.97 Å². The molecule has 4 nitrogen and oxygen atoms in total. The molecular weight excluding hydrogens is 611 g/mol. The standard InChI is InChI=1S/C14H14I3NO3/c15-8-5-10(12(17)11(16)6-8)13(19)18-9-3-1-7(2-4-9)14(20)21/h5-7,9H,1-4H2,(H,18,19)(H,20,21). The average Bonchev–Trinajstić information content (AvgIpc) is 2.43. The minimum atomic E-state index is -0.721. The SMILES string of the molecule is O=C(NC1CCC(C(=O)O)CC1)c1cc(I)cc(I)c1I. The van der Waals surface area contributed by atoms with E-state index in [9.17, 15) is 9.59 Å². The highest BCUT2D eigenvalue weighted by Crippen LogP contribution is 2.26. The van der Waals surface area contributed by atoms with Crippen molar-refractivity contribution in [2.45, 2.75) is 31.7 Å². The zero-order valence-corrected chi connectivity index (χ0v) is 17.5. The Morgan fingerprint density at radius 3 is 2.29 bits per heavy atom. The topological polar surface area (TPSA) is 66.4 Å². The summed E-state index contributed by atoms with van der Waals surface area (Å²) >= 11 is 6.63. The maximum absolute atomic E-state index is 12.4. The second-order valence-electron chi connectivity index (χ2n) is 5.11. The van der Waals surface area contributed by atoms with Crippen LogP contribution in [0.2, 0.25) is 0 Å². The van der Waals surface area contributed by atoms with Crippen LogP contribution >= 0.6 is 67.8 Å². The summed E-state index contributed by atoms with van der Waals surface area (Å²) in [6.07, 6.45) is 2.75. The molecule has 0 saturated heterocycles. The summed E-state index contributed by atoms with van der Waals surface area (Å²) in [7, 11) is 0. The lowest BCUT2D eigenvalue weighted by Crippen LogP contribution is -2.39. The van der Waals surface area contributed by atoms with Crippen LogP contribution in [-0.4, -0.2) is 23.0 Å². The van der Waals surface area contributed by atoms with Gasteiger partial charge in [-0.25, -0.2) is 0 Å². The molecule has 1 aromatic carbocycles. The van der Waals surface area contributed by atoms with Gasteiger partial charge in [-0.05, 0) is 106 Å². The Morgan fingerprint density at radius 2 is 1.71 bits per heavy atom. The zero-order valence-electron chi connectivity index (χ0n) is 11.0. The number of benzene rings is 1. The number of rotatable bonds is 3. The Bertz CT molecular complexity index is 569.